The molecule has 1 heterocycles. The van der Waals surface area contributed by atoms with E-state index in [2.05, 4.69) is 10.4 Å². The number of ether oxygens (including phenoxy) is 2. The quantitative estimate of drug-likeness (QED) is 0.493. The molecule has 3 aromatic rings. The highest BCUT2D eigenvalue weighted by atomic mass is 16.5. The van der Waals surface area contributed by atoms with Gasteiger partial charge in [-0.3, -0.25) is 9.59 Å². The summed E-state index contributed by atoms with van der Waals surface area (Å²) in [6, 6.07) is 16.3. The molecular formula is C22H27N3O4. The average molecular weight is 397 g/mol. The van der Waals surface area contributed by atoms with E-state index in [1.807, 2.05) is 50.2 Å². The number of amides is 1. The van der Waals surface area contributed by atoms with Crippen LogP contribution in [0.2, 0.25) is 0 Å². The van der Waals surface area contributed by atoms with Gasteiger partial charge in [-0.05, 0) is 19.1 Å². The number of methoxy groups -OCH3 is 2. The molecule has 0 aliphatic carbocycles. The van der Waals surface area contributed by atoms with Crippen LogP contribution in [0.15, 0.2) is 60.8 Å². The number of hydrogen-bond donors (Lipinski definition) is 1. The lowest BCUT2D eigenvalue weighted by Crippen LogP contribution is -2.04. The molecule has 3 rings (SSSR count). The third-order valence-corrected chi connectivity index (χ3v) is 3.64. The minimum atomic E-state index is 0.121. The minimum absolute atomic E-state index is 0.121. The van der Waals surface area contributed by atoms with Crippen LogP contribution in [-0.4, -0.2) is 36.2 Å². The summed E-state index contributed by atoms with van der Waals surface area (Å²) in [7, 11) is 3.14. The lowest BCUT2D eigenvalue weighted by Gasteiger charge is -2.11. The van der Waals surface area contributed by atoms with Gasteiger partial charge in [-0.2, -0.15) is 5.10 Å². The number of carbonyl (C=O) groups is 2. The highest BCUT2D eigenvalue weighted by Gasteiger charge is 2.09. The van der Waals surface area contributed by atoms with Gasteiger partial charge in [-0.1, -0.05) is 44.2 Å². The van der Waals surface area contributed by atoms with Gasteiger partial charge in [0, 0.05) is 17.7 Å². The first-order chi connectivity index (χ1) is 14.1. The number of anilines is 1. The van der Waals surface area contributed by atoms with Gasteiger partial charge in [0.15, 0.2) is 17.3 Å². The Balaban J connectivity index is 0.000000321. The molecule has 7 heteroatoms. The highest BCUT2D eigenvalue weighted by molar-refractivity contribution is 5.93. The van der Waals surface area contributed by atoms with Crippen LogP contribution in [0.3, 0.4) is 0 Å². The van der Waals surface area contributed by atoms with Crippen LogP contribution in [0.5, 0.6) is 11.5 Å². The summed E-state index contributed by atoms with van der Waals surface area (Å²) in [5.74, 6) is 1.94. The number of Topliss-reactive ketones (excluding diaryl/α,β-unsaturated/α-hetero) is 1. The van der Waals surface area contributed by atoms with Crippen molar-refractivity contribution in [3.63, 3.8) is 0 Å². The maximum Gasteiger partial charge on any atom is 0.212 e. The zero-order chi connectivity index (χ0) is 21.6. The van der Waals surface area contributed by atoms with Gasteiger partial charge in [0.05, 0.1) is 26.1 Å². The zero-order valence-corrected chi connectivity index (χ0v) is 17.4. The fraction of sp³-hybridized carbons (Fsp3) is 0.227. The van der Waals surface area contributed by atoms with E-state index >= 15 is 0 Å². The van der Waals surface area contributed by atoms with Crippen molar-refractivity contribution in [3.8, 4) is 17.2 Å². The SMILES string of the molecule is CC.CC(=O)c1ccccc1.COc1ccc(-n2nccc2NC=O)cc1OC. The number of carbonyl (C=O) groups excluding carboxylic acids is 2. The van der Waals surface area contributed by atoms with Crippen LogP contribution in [0.1, 0.15) is 31.1 Å². The van der Waals surface area contributed by atoms with Crippen molar-refractivity contribution >= 4 is 18.0 Å². The second-order valence-corrected chi connectivity index (χ2v) is 5.35. The first kappa shape index (κ1) is 23.4. The van der Waals surface area contributed by atoms with E-state index < -0.39 is 0 Å². The predicted octanol–water partition coefficient (Wildman–Crippen LogP) is 4.37. The Morgan fingerprint density at radius 3 is 2.17 bits per heavy atom. The number of hydrogen-bond acceptors (Lipinski definition) is 5. The summed E-state index contributed by atoms with van der Waals surface area (Å²) < 4.78 is 12.0. The summed E-state index contributed by atoms with van der Waals surface area (Å²) >= 11 is 0. The smallest absolute Gasteiger partial charge is 0.212 e. The van der Waals surface area contributed by atoms with Crippen molar-refractivity contribution in [1.29, 1.82) is 0 Å². The molecule has 1 aromatic heterocycles. The lowest BCUT2D eigenvalue weighted by atomic mass is 10.2. The molecule has 0 spiro atoms. The fourth-order valence-corrected chi connectivity index (χ4v) is 2.31. The van der Waals surface area contributed by atoms with Crippen LogP contribution in [0, 0.1) is 0 Å². The Kier molecular flexibility index (Phi) is 10.3. The van der Waals surface area contributed by atoms with Crippen LogP contribution in [0.25, 0.3) is 5.69 Å². The van der Waals surface area contributed by atoms with E-state index in [0.29, 0.717) is 23.7 Å². The third-order valence-electron chi connectivity index (χ3n) is 3.64. The lowest BCUT2D eigenvalue weighted by molar-refractivity contribution is -0.105. The monoisotopic (exact) mass is 397 g/mol. The molecule has 0 saturated heterocycles. The Morgan fingerprint density at radius 1 is 1.00 bits per heavy atom. The fourth-order valence-electron chi connectivity index (χ4n) is 2.31. The highest BCUT2D eigenvalue weighted by Crippen LogP contribution is 2.29. The largest absolute Gasteiger partial charge is 0.493 e. The molecule has 0 fully saturated rings. The predicted molar refractivity (Wildman–Crippen MR) is 114 cm³/mol. The second kappa shape index (κ2) is 12.7. The van der Waals surface area contributed by atoms with Crippen molar-refractivity contribution in [2.45, 2.75) is 20.8 Å². The second-order valence-electron chi connectivity index (χ2n) is 5.35. The van der Waals surface area contributed by atoms with E-state index in [1.54, 1.807) is 50.2 Å². The molecule has 1 N–H and O–H groups in total. The molecule has 0 saturated carbocycles. The Bertz CT molecular complexity index is 892. The third kappa shape index (κ3) is 6.80. The topological polar surface area (TPSA) is 82.5 Å². The van der Waals surface area contributed by atoms with Gasteiger partial charge in [-0.25, -0.2) is 4.68 Å². The Hall–Kier alpha value is -3.61. The summed E-state index contributed by atoms with van der Waals surface area (Å²) in [6.45, 7) is 5.56. The molecule has 1 amide bonds. The molecule has 0 unspecified atom stereocenters. The van der Waals surface area contributed by atoms with Gasteiger partial charge in [0.25, 0.3) is 0 Å². The van der Waals surface area contributed by atoms with Crippen LogP contribution in [-0.2, 0) is 4.79 Å². The summed E-state index contributed by atoms with van der Waals surface area (Å²) in [4.78, 5) is 21.1. The van der Waals surface area contributed by atoms with Crippen LogP contribution >= 0.6 is 0 Å². The number of rotatable bonds is 6. The van der Waals surface area contributed by atoms with Crippen molar-refractivity contribution in [2.24, 2.45) is 0 Å². The molecule has 0 atom stereocenters. The minimum Gasteiger partial charge on any atom is -0.493 e. The Morgan fingerprint density at radius 2 is 1.66 bits per heavy atom. The zero-order valence-electron chi connectivity index (χ0n) is 17.4. The molecular weight excluding hydrogens is 370 g/mol. The van der Waals surface area contributed by atoms with E-state index in [9.17, 15) is 9.59 Å². The molecule has 0 radical (unpaired) electrons. The Labute approximate surface area is 171 Å². The molecule has 0 aliphatic heterocycles. The van der Waals surface area contributed by atoms with Crippen molar-refractivity contribution in [2.75, 3.05) is 19.5 Å². The molecule has 0 bridgehead atoms. The normalized spacial score (nSPS) is 9.14. The number of benzene rings is 2. The maximum absolute atomic E-state index is 10.6. The van der Waals surface area contributed by atoms with Crippen molar-refractivity contribution in [3.05, 3.63) is 66.4 Å². The molecule has 0 aliphatic rings. The van der Waals surface area contributed by atoms with Crippen LogP contribution in [0.4, 0.5) is 5.82 Å². The van der Waals surface area contributed by atoms with Crippen LogP contribution < -0.4 is 14.8 Å². The first-order valence-electron chi connectivity index (χ1n) is 9.13. The molecule has 7 nitrogen and oxygen atoms in total. The standard InChI is InChI=1S/C12H13N3O3.C8H8O.C2H6/c1-17-10-4-3-9(7-11(10)18-2)15-12(13-8-16)5-6-14-15;1-7(9)8-5-3-2-4-6-8;1-2/h3-8H,1-2H3,(H,13,16);2-6H,1H3;1-2H3. The van der Waals surface area contributed by atoms with E-state index in [0.717, 1.165) is 11.3 Å². The van der Waals surface area contributed by atoms with Gasteiger partial charge in [0.1, 0.15) is 5.82 Å². The van der Waals surface area contributed by atoms with E-state index in [-0.39, 0.29) is 5.78 Å². The number of nitrogens with zero attached hydrogens (tertiary/aromatic N) is 2. The first-order valence-corrected chi connectivity index (χ1v) is 9.13. The van der Waals surface area contributed by atoms with E-state index in [1.165, 1.54) is 0 Å². The average Bonchev–Trinajstić information content (AvgIpc) is 3.24. The van der Waals surface area contributed by atoms with Crippen molar-refractivity contribution < 1.29 is 19.1 Å². The molecule has 2 aromatic carbocycles. The number of nitrogens with one attached hydrogen (secondary N) is 1. The molecule has 154 valence electrons. The van der Waals surface area contributed by atoms with Gasteiger partial charge in [-0.15, -0.1) is 0 Å². The van der Waals surface area contributed by atoms with Gasteiger partial charge < -0.3 is 14.8 Å². The number of ketones is 1. The van der Waals surface area contributed by atoms with Gasteiger partial charge >= 0.3 is 0 Å². The maximum atomic E-state index is 10.6. The van der Waals surface area contributed by atoms with E-state index in [4.69, 9.17) is 9.47 Å². The van der Waals surface area contributed by atoms with Gasteiger partial charge in [0.2, 0.25) is 6.41 Å². The summed E-state index contributed by atoms with van der Waals surface area (Å²) in [6.07, 6.45) is 2.21. The summed E-state index contributed by atoms with van der Waals surface area (Å²) in [5.41, 5.74) is 1.54. The number of aromatic nitrogens is 2. The molecule has 29 heavy (non-hydrogen) atoms. The summed E-state index contributed by atoms with van der Waals surface area (Å²) in [5, 5.41) is 6.70. The van der Waals surface area contributed by atoms with Crippen molar-refractivity contribution in [1.82, 2.24) is 9.78 Å².